The number of aliphatic hydroxyl groups is 1. The van der Waals surface area contributed by atoms with Gasteiger partial charge in [0.25, 0.3) is 0 Å². The van der Waals surface area contributed by atoms with Gasteiger partial charge in [-0.1, -0.05) is 12.0 Å². The second-order valence-electron chi connectivity index (χ2n) is 6.47. The molecule has 0 aliphatic heterocycles. The normalized spacial score (nSPS) is 10.5. The molecular weight excluding hydrogens is 384 g/mol. The number of aliphatic hydroxyl groups excluding tert-OH is 1. The third-order valence-corrected chi connectivity index (χ3v) is 4.45. The molecule has 0 spiro atoms. The summed E-state index contributed by atoms with van der Waals surface area (Å²) in [7, 11) is 0. The average Bonchev–Trinajstić information content (AvgIpc) is 3.14. The monoisotopic (exact) mass is 401 g/mol. The molecule has 4 rings (SSSR count). The van der Waals surface area contributed by atoms with Gasteiger partial charge in [0.15, 0.2) is 5.82 Å². The molecule has 148 valence electrons. The number of pyridine rings is 1. The number of hydrogen-bond acceptors (Lipinski definition) is 3. The van der Waals surface area contributed by atoms with Crippen LogP contribution < -0.4 is 0 Å². The SMILES string of the molecule is OCCC#Cc1nc(-c2ccc(F)cc2)c(-c2ccncc2)n1-c1cccc(F)c1. The summed E-state index contributed by atoms with van der Waals surface area (Å²) in [5.41, 5.74) is 3.32. The number of rotatable bonds is 4. The first-order valence-corrected chi connectivity index (χ1v) is 9.32. The summed E-state index contributed by atoms with van der Waals surface area (Å²) in [6.07, 6.45) is 3.60. The number of benzene rings is 2. The second kappa shape index (κ2) is 8.68. The van der Waals surface area contributed by atoms with E-state index in [0.29, 0.717) is 28.5 Å². The Morgan fingerprint density at radius 3 is 2.37 bits per heavy atom. The van der Waals surface area contributed by atoms with Gasteiger partial charge in [-0.3, -0.25) is 9.55 Å². The van der Waals surface area contributed by atoms with E-state index < -0.39 is 0 Å². The van der Waals surface area contributed by atoms with Crippen LogP contribution in [-0.4, -0.2) is 26.2 Å². The molecule has 4 aromatic rings. The molecule has 6 heteroatoms. The number of nitrogens with zero attached hydrogens (tertiary/aromatic N) is 3. The third-order valence-electron chi connectivity index (χ3n) is 4.45. The summed E-state index contributed by atoms with van der Waals surface area (Å²) in [6.45, 7) is -0.0737. The fourth-order valence-electron chi connectivity index (χ4n) is 3.15. The van der Waals surface area contributed by atoms with Crippen molar-refractivity contribution in [2.45, 2.75) is 6.42 Å². The van der Waals surface area contributed by atoms with Crippen LogP contribution in [0.15, 0.2) is 73.1 Å². The maximum atomic E-state index is 14.0. The lowest BCUT2D eigenvalue weighted by atomic mass is 10.1. The lowest BCUT2D eigenvalue weighted by Crippen LogP contribution is -2.01. The molecule has 0 amide bonds. The van der Waals surface area contributed by atoms with E-state index in [9.17, 15) is 8.78 Å². The van der Waals surface area contributed by atoms with Gasteiger partial charge < -0.3 is 5.11 Å². The molecule has 0 saturated carbocycles. The molecule has 0 bridgehead atoms. The molecule has 0 aliphatic carbocycles. The summed E-state index contributed by atoms with van der Waals surface area (Å²) in [4.78, 5) is 8.78. The molecule has 30 heavy (non-hydrogen) atoms. The first kappa shape index (κ1) is 19.5. The molecule has 0 aliphatic rings. The summed E-state index contributed by atoms with van der Waals surface area (Å²) in [6, 6.07) is 15.8. The largest absolute Gasteiger partial charge is 0.395 e. The van der Waals surface area contributed by atoms with E-state index in [-0.39, 0.29) is 24.7 Å². The van der Waals surface area contributed by atoms with Gasteiger partial charge in [0.2, 0.25) is 0 Å². The van der Waals surface area contributed by atoms with Crippen LogP contribution in [0.2, 0.25) is 0 Å². The van der Waals surface area contributed by atoms with Gasteiger partial charge in [0, 0.05) is 29.9 Å². The highest BCUT2D eigenvalue weighted by Crippen LogP contribution is 2.35. The Morgan fingerprint density at radius 1 is 0.900 bits per heavy atom. The van der Waals surface area contributed by atoms with E-state index >= 15 is 0 Å². The van der Waals surface area contributed by atoms with Crippen molar-refractivity contribution in [3.63, 3.8) is 0 Å². The van der Waals surface area contributed by atoms with Crippen molar-refractivity contribution in [2.75, 3.05) is 6.61 Å². The lowest BCUT2D eigenvalue weighted by molar-refractivity contribution is 0.305. The van der Waals surface area contributed by atoms with E-state index in [2.05, 4.69) is 16.8 Å². The first-order chi connectivity index (χ1) is 14.7. The van der Waals surface area contributed by atoms with Gasteiger partial charge in [-0.05, 0) is 60.5 Å². The van der Waals surface area contributed by atoms with Gasteiger partial charge in [0.05, 0.1) is 23.7 Å². The molecule has 0 atom stereocenters. The van der Waals surface area contributed by atoms with Crippen LogP contribution in [0, 0.1) is 23.5 Å². The maximum absolute atomic E-state index is 14.0. The zero-order valence-corrected chi connectivity index (χ0v) is 15.9. The fourth-order valence-corrected chi connectivity index (χ4v) is 3.15. The summed E-state index contributed by atoms with van der Waals surface area (Å²) in [5.74, 6) is 5.50. The second-order valence-corrected chi connectivity index (χ2v) is 6.47. The average molecular weight is 401 g/mol. The molecule has 0 unspecified atom stereocenters. The van der Waals surface area contributed by atoms with Gasteiger partial charge in [0.1, 0.15) is 11.6 Å². The highest BCUT2D eigenvalue weighted by Gasteiger charge is 2.21. The topological polar surface area (TPSA) is 50.9 Å². The van der Waals surface area contributed by atoms with Crippen molar-refractivity contribution in [2.24, 2.45) is 0 Å². The highest BCUT2D eigenvalue weighted by molar-refractivity contribution is 5.81. The smallest absolute Gasteiger partial charge is 0.191 e. The molecule has 2 aromatic carbocycles. The third kappa shape index (κ3) is 3.97. The van der Waals surface area contributed by atoms with Gasteiger partial charge >= 0.3 is 0 Å². The Morgan fingerprint density at radius 2 is 1.67 bits per heavy atom. The summed E-state index contributed by atoms with van der Waals surface area (Å²) >= 11 is 0. The van der Waals surface area contributed by atoms with Gasteiger partial charge in [-0.25, -0.2) is 13.8 Å². The van der Waals surface area contributed by atoms with Crippen molar-refractivity contribution in [1.82, 2.24) is 14.5 Å². The van der Waals surface area contributed by atoms with Crippen LogP contribution in [0.25, 0.3) is 28.2 Å². The maximum Gasteiger partial charge on any atom is 0.191 e. The molecule has 4 nitrogen and oxygen atoms in total. The van der Waals surface area contributed by atoms with E-state index in [1.165, 1.54) is 24.3 Å². The molecule has 2 heterocycles. The van der Waals surface area contributed by atoms with Crippen molar-refractivity contribution >= 4 is 0 Å². The Hall–Kier alpha value is -3.82. The standard InChI is InChI=1S/C24H17F2N3O/c25-19-9-7-17(8-10-19)23-24(18-11-13-27-14-12-18)29(21-5-3-4-20(26)16-21)22(28-23)6-1-2-15-30/h3-5,7-14,16,30H,2,15H2. The predicted octanol–water partition coefficient (Wildman–Crippen LogP) is 4.61. The van der Waals surface area contributed by atoms with Crippen LogP contribution in [0.4, 0.5) is 8.78 Å². The predicted molar refractivity (Wildman–Crippen MR) is 111 cm³/mol. The molecule has 1 N–H and O–H groups in total. The molecule has 0 fully saturated rings. The number of imidazole rings is 1. The Labute approximate surface area is 172 Å². The fraction of sp³-hybridized carbons (Fsp3) is 0.0833. The number of aromatic nitrogens is 3. The van der Waals surface area contributed by atoms with Crippen LogP contribution in [-0.2, 0) is 0 Å². The van der Waals surface area contributed by atoms with Gasteiger partial charge in [-0.2, -0.15) is 0 Å². The van der Waals surface area contributed by atoms with E-state index in [4.69, 9.17) is 10.1 Å². The summed E-state index contributed by atoms with van der Waals surface area (Å²) < 4.78 is 29.3. The van der Waals surface area contributed by atoms with E-state index in [1.807, 2.05) is 12.1 Å². The van der Waals surface area contributed by atoms with Crippen molar-refractivity contribution in [1.29, 1.82) is 0 Å². The lowest BCUT2D eigenvalue weighted by Gasteiger charge is -2.12. The quantitative estimate of drug-likeness (QED) is 0.508. The minimum Gasteiger partial charge on any atom is -0.395 e. The number of hydrogen-bond donors (Lipinski definition) is 1. The van der Waals surface area contributed by atoms with Gasteiger partial charge in [-0.15, -0.1) is 0 Å². The molecular formula is C24H17F2N3O. The minimum absolute atomic E-state index is 0.0737. The van der Waals surface area contributed by atoms with Crippen molar-refractivity contribution < 1.29 is 13.9 Å². The molecule has 0 radical (unpaired) electrons. The Bertz CT molecular complexity index is 1220. The highest BCUT2D eigenvalue weighted by atomic mass is 19.1. The number of halogens is 2. The van der Waals surface area contributed by atoms with Crippen LogP contribution in [0.3, 0.4) is 0 Å². The Balaban J connectivity index is 2.04. The summed E-state index contributed by atoms with van der Waals surface area (Å²) in [5, 5.41) is 9.09. The van der Waals surface area contributed by atoms with E-state index in [1.54, 1.807) is 41.2 Å². The van der Waals surface area contributed by atoms with Crippen molar-refractivity contribution in [3.8, 4) is 40.0 Å². The Kier molecular flexibility index (Phi) is 5.64. The van der Waals surface area contributed by atoms with Crippen LogP contribution >= 0.6 is 0 Å². The first-order valence-electron chi connectivity index (χ1n) is 9.32. The molecule has 0 saturated heterocycles. The molecule has 2 aromatic heterocycles. The van der Waals surface area contributed by atoms with Crippen LogP contribution in [0.5, 0.6) is 0 Å². The minimum atomic E-state index is -0.389. The van der Waals surface area contributed by atoms with Crippen LogP contribution in [0.1, 0.15) is 12.2 Å². The van der Waals surface area contributed by atoms with Crippen molar-refractivity contribution in [3.05, 3.63) is 90.5 Å². The zero-order valence-electron chi connectivity index (χ0n) is 15.9. The zero-order chi connectivity index (χ0) is 20.9. The van der Waals surface area contributed by atoms with E-state index in [0.717, 1.165) is 5.56 Å².